The van der Waals surface area contributed by atoms with Gasteiger partial charge in [0.05, 0.1) is 11.9 Å². The van der Waals surface area contributed by atoms with Crippen LogP contribution in [0.1, 0.15) is 17.5 Å². The monoisotopic (exact) mass is 389 g/mol. The Hall–Kier alpha value is -2.73. The predicted molar refractivity (Wildman–Crippen MR) is 99.7 cm³/mol. The van der Waals surface area contributed by atoms with Crippen molar-refractivity contribution in [2.75, 3.05) is 11.1 Å². The SMILES string of the molecule is CC(O)(C#Cc1ccc(F)c(Nc2nc(N)ncc2Cl)c1)c1nccs1. The molecule has 3 aromatic rings. The topological polar surface area (TPSA) is 97.0 Å². The zero-order valence-corrected chi connectivity index (χ0v) is 15.1. The molecular formula is C17H13ClFN5OS. The van der Waals surface area contributed by atoms with Gasteiger partial charge in [0.25, 0.3) is 0 Å². The number of aromatic nitrogens is 3. The second-order valence-electron chi connectivity index (χ2n) is 5.40. The summed E-state index contributed by atoms with van der Waals surface area (Å²) in [6.45, 7) is 1.55. The van der Waals surface area contributed by atoms with Gasteiger partial charge < -0.3 is 16.2 Å². The maximum absolute atomic E-state index is 14.1. The van der Waals surface area contributed by atoms with Crippen molar-refractivity contribution in [1.29, 1.82) is 0 Å². The Balaban J connectivity index is 1.89. The summed E-state index contributed by atoms with van der Waals surface area (Å²) in [5.41, 5.74) is 4.73. The van der Waals surface area contributed by atoms with Crippen LogP contribution in [0.5, 0.6) is 0 Å². The molecule has 0 amide bonds. The van der Waals surface area contributed by atoms with Crippen molar-refractivity contribution in [1.82, 2.24) is 15.0 Å². The number of hydrogen-bond acceptors (Lipinski definition) is 7. The molecule has 26 heavy (non-hydrogen) atoms. The molecule has 1 atom stereocenters. The van der Waals surface area contributed by atoms with Crippen molar-refractivity contribution in [3.05, 3.63) is 57.4 Å². The van der Waals surface area contributed by atoms with Gasteiger partial charge in [-0.1, -0.05) is 23.4 Å². The first-order valence-electron chi connectivity index (χ1n) is 7.35. The highest BCUT2D eigenvalue weighted by Gasteiger charge is 2.22. The third-order valence-corrected chi connectivity index (χ3v) is 4.54. The molecule has 0 spiro atoms. The standard InChI is InChI=1S/C17H13ClFN5OS/c1-17(25,15-21-6-7-26-15)5-4-10-2-3-12(19)13(8-10)23-14-11(18)9-22-16(20)24-14/h2-3,6-9,25H,1H3,(H3,20,22,23,24). The van der Waals surface area contributed by atoms with Gasteiger partial charge in [0.15, 0.2) is 11.4 Å². The molecule has 1 unspecified atom stereocenters. The highest BCUT2D eigenvalue weighted by molar-refractivity contribution is 7.09. The van der Waals surface area contributed by atoms with E-state index in [0.717, 1.165) is 0 Å². The van der Waals surface area contributed by atoms with E-state index in [2.05, 4.69) is 32.1 Å². The molecule has 0 aliphatic rings. The summed E-state index contributed by atoms with van der Waals surface area (Å²) < 4.78 is 14.1. The van der Waals surface area contributed by atoms with E-state index in [1.54, 1.807) is 18.5 Å². The van der Waals surface area contributed by atoms with Gasteiger partial charge in [-0.3, -0.25) is 0 Å². The fourth-order valence-electron chi connectivity index (χ4n) is 2.01. The molecule has 3 rings (SSSR count). The van der Waals surface area contributed by atoms with Crippen LogP contribution in [0.25, 0.3) is 0 Å². The number of nitrogens with one attached hydrogen (secondary N) is 1. The number of thiazole rings is 1. The first-order valence-corrected chi connectivity index (χ1v) is 8.61. The Morgan fingerprint density at radius 2 is 2.19 bits per heavy atom. The van der Waals surface area contributed by atoms with Gasteiger partial charge in [0, 0.05) is 17.1 Å². The average Bonchev–Trinajstić information content (AvgIpc) is 3.14. The van der Waals surface area contributed by atoms with Crippen LogP contribution in [0.4, 0.5) is 21.8 Å². The lowest BCUT2D eigenvalue weighted by atomic mass is 10.1. The lowest BCUT2D eigenvalue weighted by Crippen LogP contribution is -2.17. The molecule has 6 nitrogen and oxygen atoms in total. The van der Waals surface area contributed by atoms with E-state index < -0.39 is 11.4 Å². The number of halogens is 2. The van der Waals surface area contributed by atoms with Crippen molar-refractivity contribution in [3.63, 3.8) is 0 Å². The minimum absolute atomic E-state index is 0.00718. The predicted octanol–water partition coefficient (Wildman–Crippen LogP) is 3.31. The quantitative estimate of drug-likeness (QED) is 0.594. The molecule has 1 aromatic carbocycles. The first-order chi connectivity index (χ1) is 12.3. The Morgan fingerprint density at radius 3 is 2.92 bits per heavy atom. The van der Waals surface area contributed by atoms with E-state index >= 15 is 0 Å². The molecule has 2 aromatic heterocycles. The summed E-state index contributed by atoms with van der Waals surface area (Å²) in [7, 11) is 0. The maximum atomic E-state index is 14.1. The maximum Gasteiger partial charge on any atom is 0.222 e. The Morgan fingerprint density at radius 1 is 1.38 bits per heavy atom. The van der Waals surface area contributed by atoms with Gasteiger partial charge in [-0.05, 0) is 25.1 Å². The van der Waals surface area contributed by atoms with E-state index in [0.29, 0.717) is 10.6 Å². The molecule has 132 valence electrons. The molecule has 0 saturated carbocycles. The normalized spacial score (nSPS) is 12.8. The number of benzene rings is 1. The van der Waals surface area contributed by atoms with Gasteiger partial charge in [0.2, 0.25) is 5.95 Å². The summed E-state index contributed by atoms with van der Waals surface area (Å²) in [4.78, 5) is 11.7. The summed E-state index contributed by atoms with van der Waals surface area (Å²) in [6, 6.07) is 4.24. The van der Waals surface area contributed by atoms with Crippen molar-refractivity contribution in [2.24, 2.45) is 0 Å². The van der Waals surface area contributed by atoms with E-state index in [1.807, 2.05) is 0 Å². The smallest absolute Gasteiger partial charge is 0.222 e. The molecule has 0 saturated heterocycles. The summed E-state index contributed by atoms with van der Waals surface area (Å²) in [6.07, 6.45) is 2.91. The van der Waals surface area contributed by atoms with Crippen LogP contribution in [0.15, 0.2) is 36.0 Å². The number of nitrogen functional groups attached to an aromatic ring is 1. The van der Waals surface area contributed by atoms with Crippen LogP contribution < -0.4 is 11.1 Å². The summed E-state index contributed by atoms with van der Waals surface area (Å²) in [5.74, 6) is 5.23. The third-order valence-electron chi connectivity index (χ3n) is 3.28. The molecule has 4 N–H and O–H groups in total. The third kappa shape index (κ3) is 4.08. The fourth-order valence-corrected chi connectivity index (χ4v) is 2.80. The zero-order valence-electron chi connectivity index (χ0n) is 13.5. The highest BCUT2D eigenvalue weighted by Crippen LogP contribution is 2.26. The Kier molecular flexibility index (Phi) is 5.04. The largest absolute Gasteiger partial charge is 0.371 e. The van der Waals surface area contributed by atoms with Crippen molar-refractivity contribution in [3.8, 4) is 11.8 Å². The number of nitrogens with two attached hydrogens (primary N) is 1. The molecule has 0 aliphatic heterocycles. The number of anilines is 3. The second-order valence-corrected chi connectivity index (χ2v) is 6.71. The first kappa shape index (κ1) is 18.1. The van der Waals surface area contributed by atoms with E-state index in [4.69, 9.17) is 17.3 Å². The Bertz CT molecular complexity index is 998. The van der Waals surface area contributed by atoms with Gasteiger partial charge in [-0.15, -0.1) is 11.3 Å². The van der Waals surface area contributed by atoms with Crippen molar-refractivity contribution in [2.45, 2.75) is 12.5 Å². The molecule has 0 radical (unpaired) electrons. The minimum Gasteiger partial charge on any atom is -0.371 e. The fraction of sp³-hybridized carbons (Fsp3) is 0.118. The molecule has 0 aliphatic carbocycles. The molecule has 0 fully saturated rings. The number of aliphatic hydroxyl groups is 1. The zero-order chi connectivity index (χ0) is 18.7. The molecule has 2 heterocycles. The van der Waals surface area contributed by atoms with E-state index in [1.165, 1.54) is 35.7 Å². The molecule has 9 heteroatoms. The number of hydrogen-bond donors (Lipinski definition) is 3. The number of rotatable bonds is 3. The van der Waals surface area contributed by atoms with Crippen molar-refractivity contribution < 1.29 is 9.50 Å². The van der Waals surface area contributed by atoms with Gasteiger partial charge in [-0.2, -0.15) is 4.98 Å². The van der Waals surface area contributed by atoms with Crippen LogP contribution in [-0.4, -0.2) is 20.1 Å². The van der Waals surface area contributed by atoms with Crippen LogP contribution in [0, 0.1) is 17.7 Å². The lowest BCUT2D eigenvalue weighted by molar-refractivity contribution is 0.122. The van der Waals surface area contributed by atoms with E-state index in [9.17, 15) is 9.50 Å². The molecular weight excluding hydrogens is 377 g/mol. The van der Waals surface area contributed by atoms with Gasteiger partial charge in [-0.25, -0.2) is 14.4 Å². The van der Waals surface area contributed by atoms with Crippen LogP contribution in [0.3, 0.4) is 0 Å². The Labute approximate surface area is 157 Å². The second kappa shape index (κ2) is 7.25. The van der Waals surface area contributed by atoms with Gasteiger partial charge >= 0.3 is 0 Å². The average molecular weight is 390 g/mol. The van der Waals surface area contributed by atoms with E-state index in [-0.39, 0.29) is 22.5 Å². The summed E-state index contributed by atoms with van der Waals surface area (Å²) >= 11 is 7.28. The highest BCUT2D eigenvalue weighted by atomic mass is 35.5. The number of nitrogens with zero attached hydrogens (tertiary/aromatic N) is 3. The van der Waals surface area contributed by atoms with Crippen molar-refractivity contribution >= 4 is 40.4 Å². The van der Waals surface area contributed by atoms with Crippen LogP contribution >= 0.6 is 22.9 Å². The minimum atomic E-state index is -1.40. The van der Waals surface area contributed by atoms with Crippen LogP contribution in [-0.2, 0) is 5.60 Å². The lowest BCUT2D eigenvalue weighted by Gasteiger charge is -2.12. The molecule has 0 bridgehead atoms. The summed E-state index contributed by atoms with van der Waals surface area (Å²) in [5, 5.41) is 15.6. The van der Waals surface area contributed by atoms with Crippen LogP contribution in [0.2, 0.25) is 5.02 Å². The van der Waals surface area contributed by atoms with Gasteiger partial charge in [0.1, 0.15) is 15.8 Å².